The lowest BCUT2D eigenvalue weighted by Crippen LogP contribution is -2.35. The third kappa shape index (κ3) is 1.53. The van der Waals surface area contributed by atoms with Crippen LogP contribution in [0, 0.1) is 5.92 Å². The van der Waals surface area contributed by atoms with Crippen molar-refractivity contribution in [3.05, 3.63) is 0 Å². The van der Waals surface area contributed by atoms with Crippen LogP contribution in [0.25, 0.3) is 0 Å². The first-order valence-electron chi connectivity index (χ1n) is 3.79. The average Bonchev–Trinajstić information content (AvgIpc) is 2.08. The number of methoxy groups -OCH3 is 1. The van der Waals surface area contributed by atoms with Gasteiger partial charge in [-0.15, -0.1) is 0 Å². The summed E-state index contributed by atoms with van der Waals surface area (Å²) in [6, 6.07) is 0. The Kier molecular flexibility index (Phi) is 2.18. The molecule has 11 heavy (non-hydrogen) atoms. The fraction of sp³-hybridized carbons (Fsp3) is 0.875. The number of hydrogen-bond acceptors (Lipinski definition) is 3. The van der Waals surface area contributed by atoms with Crippen molar-refractivity contribution in [2.24, 2.45) is 5.92 Å². The van der Waals surface area contributed by atoms with Crippen molar-refractivity contribution in [1.82, 2.24) is 0 Å². The van der Waals surface area contributed by atoms with Crippen LogP contribution in [0.1, 0.15) is 20.3 Å². The van der Waals surface area contributed by atoms with Crippen molar-refractivity contribution in [1.29, 1.82) is 0 Å². The molecular weight excluding hydrogens is 144 g/mol. The van der Waals surface area contributed by atoms with E-state index in [0.29, 0.717) is 13.0 Å². The van der Waals surface area contributed by atoms with E-state index in [4.69, 9.17) is 9.47 Å². The zero-order valence-corrected chi connectivity index (χ0v) is 7.22. The monoisotopic (exact) mass is 158 g/mol. The number of hydrogen-bond donors (Lipinski definition) is 0. The number of carbonyl (C=O) groups excluding carboxylic acids is 1. The van der Waals surface area contributed by atoms with E-state index in [2.05, 4.69) is 0 Å². The van der Waals surface area contributed by atoms with Gasteiger partial charge in [-0.25, -0.2) is 0 Å². The van der Waals surface area contributed by atoms with Gasteiger partial charge in [-0.3, -0.25) is 4.79 Å². The summed E-state index contributed by atoms with van der Waals surface area (Å²) in [5.74, 6) is 0.145. The molecule has 0 amide bonds. The summed E-state index contributed by atoms with van der Waals surface area (Å²) in [5.41, 5.74) is -0.397. The van der Waals surface area contributed by atoms with Crippen LogP contribution in [0.2, 0.25) is 0 Å². The normalized spacial score (nSPS) is 37.4. The minimum atomic E-state index is -0.397. The van der Waals surface area contributed by atoms with E-state index in [-0.39, 0.29) is 11.9 Å². The van der Waals surface area contributed by atoms with E-state index in [1.54, 1.807) is 7.11 Å². The van der Waals surface area contributed by atoms with E-state index < -0.39 is 5.60 Å². The Morgan fingerprint density at radius 3 is 2.82 bits per heavy atom. The molecule has 2 unspecified atom stereocenters. The highest BCUT2D eigenvalue weighted by molar-refractivity contribution is 5.72. The smallest absolute Gasteiger partial charge is 0.306 e. The lowest BCUT2D eigenvalue weighted by Gasteiger charge is -2.25. The maximum absolute atomic E-state index is 10.9. The summed E-state index contributed by atoms with van der Waals surface area (Å²) in [4.78, 5) is 10.9. The maximum atomic E-state index is 10.9. The lowest BCUT2D eigenvalue weighted by molar-refractivity contribution is -0.152. The van der Waals surface area contributed by atoms with Crippen LogP contribution in [0.3, 0.4) is 0 Å². The number of esters is 1. The highest BCUT2D eigenvalue weighted by Crippen LogP contribution is 2.32. The SMILES string of the molecule is COCC1(C)OC(=O)CC1C. The van der Waals surface area contributed by atoms with Gasteiger partial charge in [-0.1, -0.05) is 6.92 Å². The number of cyclic esters (lactones) is 1. The Morgan fingerprint density at radius 1 is 1.82 bits per heavy atom. The Hall–Kier alpha value is -0.570. The van der Waals surface area contributed by atoms with Crippen molar-refractivity contribution < 1.29 is 14.3 Å². The van der Waals surface area contributed by atoms with Gasteiger partial charge in [0.1, 0.15) is 5.60 Å². The Bertz CT molecular complexity index is 167. The van der Waals surface area contributed by atoms with Gasteiger partial charge in [0.05, 0.1) is 13.0 Å². The van der Waals surface area contributed by atoms with Crippen LogP contribution in [-0.4, -0.2) is 25.3 Å². The van der Waals surface area contributed by atoms with Gasteiger partial charge in [0.25, 0.3) is 0 Å². The quantitative estimate of drug-likeness (QED) is 0.562. The second kappa shape index (κ2) is 2.81. The fourth-order valence-corrected chi connectivity index (χ4v) is 1.33. The molecule has 0 aromatic carbocycles. The van der Waals surface area contributed by atoms with Gasteiger partial charge in [0.15, 0.2) is 0 Å². The molecule has 1 heterocycles. The Morgan fingerprint density at radius 2 is 2.45 bits per heavy atom. The summed E-state index contributed by atoms with van der Waals surface area (Å²) in [7, 11) is 1.62. The molecule has 2 atom stereocenters. The van der Waals surface area contributed by atoms with E-state index in [1.165, 1.54) is 0 Å². The minimum Gasteiger partial charge on any atom is -0.457 e. The molecule has 1 saturated heterocycles. The van der Waals surface area contributed by atoms with Crippen LogP contribution in [0.5, 0.6) is 0 Å². The summed E-state index contributed by atoms with van der Waals surface area (Å²) in [6.07, 6.45) is 0.514. The van der Waals surface area contributed by atoms with E-state index in [1.807, 2.05) is 13.8 Å². The molecule has 64 valence electrons. The standard InChI is InChI=1S/C8H14O3/c1-6-4-7(9)11-8(6,2)5-10-3/h6H,4-5H2,1-3H3. The van der Waals surface area contributed by atoms with Crippen molar-refractivity contribution in [3.8, 4) is 0 Å². The topological polar surface area (TPSA) is 35.5 Å². The van der Waals surface area contributed by atoms with Crippen LogP contribution >= 0.6 is 0 Å². The third-order valence-electron chi connectivity index (χ3n) is 2.29. The summed E-state index contributed by atoms with van der Waals surface area (Å²) < 4.78 is 10.1. The molecule has 1 aliphatic rings. The molecule has 1 rings (SSSR count). The largest absolute Gasteiger partial charge is 0.457 e. The fourth-order valence-electron chi connectivity index (χ4n) is 1.33. The van der Waals surface area contributed by atoms with E-state index >= 15 is 0 Å². The molecule has 0 saturated carbocycles. The minimum absolute atomic E-state index is 0.114. The molecule has 0 N–H and O–H groups in total. The predicted molar refractivity (Wildman–Crippen MR) is 40.2 cm³/mol. The molecule has 0 spiro atoms. The first-order chi connectivity index (χ1) is 5.08. The molecule has 0 aliphatic carbocycles. The highest BCUT2D eigenvalue weighted by Gasteiger charge is 2.42. The van der Waals surface area contributed by atoms with Crippen molar-refractivity contribution in [2.75, 3.05) is 13.7 Å². The lowest BCUT2D eigenvalue weighted by atomic mass is 9.92. The first-order valence-corrected chi connectivity index (χ1v) is 3.79. The average molecular weight is 158 g/mol. The Balaban J connectivity index is 2.62. The van der Waals surface area contributed by atoms with E-state index in [9.17, 15) is 4.79 Å². The number of carbonyl (C=O) groups is 1. The molecule has 0 bridgehead atoms. The molecule has 3 heteroatoms. The molecule has 1 aliphatic heterocycles. The van der Waals surface area contributed by atoms with Crippen LogP contribution < -0.4 is 0 Å². The van der Waals surface area contributed by atoms with Gasteiger partial charge in [0.2, 0.25) is 0 Å². The van der Waals surface area contributed by atoms with Gasteiger partial charge < -0.3 is 9.47 Å². The first kappa shape index (κ1) is 8.53. The number of rotatable bonds is 2. The van der Waals surface area contributed by atoms with Gasteiger partial charge >= 0.3 is 5.97 Å². The maximum Gasteiger partial charge on any atom is 0.306 e. The Labute approximate surface area is 66.7 Å². The molecular formula is C8H14O3. The third-order valence-corrected chi connectivity index (χ3v) is 2.29. The zero-order valence-electron chi connectivity index (χ0n) is 7.22. The van der Waals surface area contributed by atoms with Crippen LogP contribution in [-0.2, 0) is 14.3 Å². The second-order valence-corrected chi connectivity index (χ2v) is 3.32. The summed E-state index contributed by atoms with van der Waals surface area (Å²) in [6.45, 7) is 4.40. The zero-order chi connectivity index (χ0) is 8.48. The van der Waals surface area contributed by atoms with Gasteiger partial charge in [-0.2, -0.15) is 0 Å². The van der Waals surface area contributed by atoms with E-state index in [0.717, 1.165) is 0 Å². The molecule has 3 nitrogen and oxygen atoms in total. The molecule has 0 radical (unpaired) electrons. The van der Waals surface area contributed by atoms with Gasteiger partial charge in [0, 0.05) is 13.0 Å². The highest BCUT2D eigenvalue weighted by atomic mass is 16.6. The van der Waals surface area contributed by atoms with Crippen molar-refractivity contribution in [3.63, 3.8) is 0 Å². The number of ether oxygens (including phenoxy) is 2. The van der Waals surface area contributed by atoms with Gasteiger partial charge in [-0.05, 0) is 6.92 Å². The van der Waals surface area contributed by atoms with Crippen LogP contribution in [0.15, 0.2) is 0 Å². The molecule has 1 fully saturated rings. The second-order valence-electron chi connectivity index (χ2n) is 3.32. The van der Waals surface area contributed by atoms with Crippen molar-refractivity contribution in [2.45, 2.75) is 25.9 Å². The predicted octanol–water partition coefficient (Wildman–Crippen LogP) is 0.975. The molecule has 0 aromatic heterocycles. The summed E-state index contributed by atoms with van der Waals surface area (Å²) in [5, 5.41) is 0. The van der Waals surface area contributed by atoms with Crippen molar-refractivity contribution >= 4 is 5.97 Å². The van der Waals surface area contributed by atoms with Crippen LogP contribution in [0.4, 0.5) is 0 Å². The molecule has 0 aromatic rings. The summed E-state index contributed by atoms with van der Waals surface area (Å²) >= 11 is 0.